The van der Waals surface area contributed by atoms with E-state index in [0.717, 1.165) is 53.4 Å². The maximum atomic E-state index is 12.8. The van der Waals surface area contributed by atoms with Crippen LogP contribution in [0.5, 0.6) is 0 Å². The number of aliphatic hydroxyl groups excluding tert-OH is 1. The van der Waals surface area contributed by atoms with Crippen molar-refractivity contribution < 1.29 is 14.7 Å². The summed E-state index contributed by atoms with van der Waals surface area (Å²) in [6, 6.07) is 5.70. The molecule has 1 aliphatic heterocycles. The largest absolute Gasteiger partial charge is 0.396 e. The Morgan fingerprint density at radius 3 is 2.65 bits per heavy atom. The molecule has 7 heteroatoms. The molecule has 0 saturated carbocycles. The van der Waals surface area contributed by atoms with Gasteiger partial charge in [0.1, 0.15) is 0 Å². The van der Waals surface area contributed by atoms with Gasteiger partial charge in [-0.15, -0.1) is 0 Å². The number of benzene rings is 1. The zero-order chi connectivity index (χ0) is 22.5. The molecule has 0 saturated heterocycles. The number of likely N-dealkylation sites (N-methyl/N-ethyl adjacent to an activating group) is 1. The van der Waals surface area contributed by atoms with Gasteiger partial charge in [-0.05, 0) is 62.7 Å². The summed E-state index contributed by atoms with van der Waals surface area (Å²) in [7, 11) is 0. The Morgan fingerprint density at radius 2 is 1.97 bits per heavy atom. The quantitative estimate of drug-likeness (QED) is 0.465. The number of carbonyl (C=O) groups is 2. The third-order valence-corrected chi connectivity index (χ3v) is 5.87. The molecule has 3 rings (SSSR count). The number of aromatic nitrogens is 1. The monoisotopic (exact) mass is 424 g/mol. The first-order valence-electron chi connectivity index (χ1n) is 10.9. The molecule has 4 N–H and O–H groups in total. The summed E-state index contributed by atoms with van der Waals surface area (Å²) in [4.78, 5) is 30.9. The first-order valence-corrected chi connectivity index (χ1v) is 10.9. The van der Waals surface area contributed by atoms with Gasteiger partial charge in [-0.1, -0.05) is 19.9 Å². The third kappa shape index (κ3) is 4.89. The molecule has 166 valence electrons. The summed E-state index contributed by atoms with van der Waals surface area (Å²) in [6.07, 6.45) is 2.34. The van der Waals surface area contributed by atoms with Crippen LogP contribution >= 0.6 is 0 Å². The number of fused-ring (bicyclic) bond motifs is 1. The minimum absolute atomic E-state index is 0.0564. The minimum atomic E-state index is -0.173. The summed E-state index contributed by atoms with van der Waals surface area (Å²) in [5.41, 5.74) is 6.05. The number of aliphatic hydroxyl groups is 1. The number of carbonyl (C=O) groups excluding carboxylic acids is 2. The summed E-state index contributed by atoms with van der Waals surface area (Å²) in [5.74, 6) is -0.280. The summed E-state index contributed by atoms with van der Waals surface area (Å²) >= 11 is 0. The number of aromatic amines is 1. The smallest absolute Gasteiger partial charge is 0.256 e. The van der Waals surface area contributed by atoms with Crippen LogP contribution in [-0.2, 0) is 11.2 Å². The minimum Gasteiger partial charge on any atom is -0.396 e. The lowest BCUT2D eigenvalue weighted by atomic mass is 10.0. The zero-order valence-corrected chi connectivity index (χ0v) is 18.8. The van der Waals surface area contributed by atoms with Gasteiger partial charge in [-0.25, -0.2) is 0 Å². The van der Waals surface area contributed by atoms with Crippen LogP contribution in [-0.4, -0.2) is 59.6 Å². The molecular formula is C24H32N4O3. The lowest BCUT2D eigenvalue weighted by molar-refractivity contribution is -0.110. The van der Waals surface area contributed by atoms with Crippen LogP contribution in [0.2, 0.25) is 0 Å². The number of anilines is 1. The van der Waals surface area contributed by atoms with E-state index in [1.807, 2.05) is 32.0 Å². The molecule has 0 unspecified atom stereocenters. The number of rotatable bonds is 9. The highest BCUT2D eigenvalue weighted by molar-refractivity contribution is 6.35. The highest BCUT2D eigenvalue weighted by atomic mass is 16.3. The maximum absolute atomic E-state index is 12.8. The van der Waals surface area contributed by atoms with Gasteiger partial charge in [0, 0.05) is 42.3 Å². The summed E-state index contributed by atoms with van der Waals surface area (Å²) in [6.45, 7) is 11.3. The van der Waals surface area contributed by atoms with Gasteiger partial charge >= 0.3 is 0 Å². The van der Waals surface area contributed by atoms with Crippen molar-refractivity contribution in [1.29, 1.82) is 0 Å². The average molecular weight is 425 g/mol. The zero-order valence-electron chi connectivity index (χ0n) is 18.8. The van der Waals surface area contributed by atoms with Crippen LogP contribution < -0.4 is 10.6 Å². The molecule has 0 bridgehead atoms. The fourth-order valence-electron chi connectivity index (χ4n) is 4.02. The van der Waals surface area contributed by atoms with Gasteiger partial charge in [0.25, 0.3) is 11.8 Å². The molecule has 1 aliphatic rings. The number of amides is 2. The van der Waals surface area contributed by atoms with E-state index < -0.39 is 0 Å². The lowest BCUT2D eigenvalue weighted by Gasteiger charge is -2.18. The molecule has 0 fully saturated rings. The predicted molar refractivity (Wildman–Crippen MR) is 124 cm³/mol. The lowest BCUT2D eigenvalue weighted by Crippen LogP contribution is -2.35. The van der Waals surface area contributed by atoms with E-state index in [2.05, 4.69) is 34.4 Å². The van der Waals surface area contributed by atoms with Gasteiger partial charge in [0.2, 0.25) is 0 Å². The summed E-state index contributed by atoms with van der Waals surface area (Å²) in [5, 5.41) is 15.1. The van der Waals surface area contributed by atoms with Crippen LogP contribution in [0.4, 0.5) is 5.69 Å². The Hall–Kier alpha value is -2.90. The van der Waals surface area contributed by atoms with Crippen molar-refractivity contribution in [2.24, 2.45) is 0 Å². The topological polar surface area (TPSA) is 97.5 Å². The standard InChI is InChI=1S/C24H32N4O3/c1-5-28(6-2)11-10-25-24(31)22-15(3)21(26-16(22)4)14-19-18-13-17(9-12-29)7-8-20(18)27-23(19)30/h7-8,13-14,26,29H,5-6,9-12H2,1-4H3,(H,25,31)(H,27,30)/b19-14-. The first-order chi connectivity index (χ1) is 14.9. The second kappa shape index (κ2) is 9.94. The van der Waals surface area contributed by atoms with Gasteiger partial charge in [-0.3, -0.25) is 9.59 Å². The molecule has 0 atom stereocenters. The average Bonchev–Trinajstić information content (AvgIpc) is 3.20. The van der Waals surface area contributed by atoms with E-state index in [9.17, 15) is 14.7 Å². The van der Waals surface area contributed by atoms with Crippen molar-refractivity contribution in [2.45, 2.75) is 34.1 Å². The Balaban J connectivity index is 1.84. The second-order valence-electron chi connectivity index (χ2n) is 7.81. The van der Waals surface area contributed by atoms with Gasteiger partial charge in [-0.2, -0.15) is 0 Å². The van der Waals surface area contributed by atoms with Gasteiger partial charge in [0.05, 0.1) is 11.1 Å². The highest BCUT2D eigenvalue weighted by Gasteiger charge is 2.26. The summed E-state index contributed by atoms with van der Waals surface area (Å²) < 4.78 is 0. The Labute approximate surface area is 183 Å². The molecular weight excluding hydrogens is 392 g/mol. The van der Waals surface area contributed by atoms with E-state index >= 15 is 0 Å². The van der Waals surface area contributed by atoms with Crippen molar-refractivity contribution >= 4 is 29.2 Å². The highest BCUT2D eigenvalue weighted by Crippen LogP contribution is 2.34. The molecule has 0 spiro atoms. The molecule has 2 amide bonds. The number of H-pyrrole nitrogens is 1. The molecule has 1 aromatic heterocycles. The number of hydrogen-bond donors (Lipinski definition) is 4. The first kappa shape index (κ1) is 22.8. The van der Waals surface area contributed by atoms with Gasteiger partial charge < -0.3 is 25.6 Å². The predicted octanol–water partition coefficient (Wildman–Crippen LogP) is 2.73. The van der Waals surface area contributed by atoms with Crippen molar-refractivity contribution in [3.05, 3.63) is 51.8 Å². The number of nitrogens with one attached hydrogen (secondary N) is 3. The Morgan fingerprint density at radius 1 is 1.23 bits per heavy atom. The number of aryl methyl sites for hydroxylation is 1. The Bertz CT molecular complexity index is 1000. The number of nitrogens with zero attached hydrogens (tertiary/aromatic N) is 1. The third-order valence-electron chi connectivity index (χ3n) is 5.87. The maximum Gasteiger partial charge on any atom is 0.256 e. The SMILES string of the molecule is CCN(CC)CCNC(=O)c1c(C)[nH]c(/C=C2\C(=O)Nc3ccc(CCO)cc32)c1C. The van der Waals surface area contributed by atoms with Crippen LogP contribution in [0.3, 0.4) is 0 Å². The molecule has 0 radical (unpaired) electrons. The van der Waals surface area contributed by atoms with Gasteiger partial charge in [0.15, 0.2) is 0 Å². The van der Waals surface area contributed by atoms with E-state index in [1.165, 1.54) is 0 Å². The van der Waals surface area contributed by atoms with Crippen molar-refractivity contribution in [3.8, 4) is 0 Å². The normalized spacial score (nSPS) is 14.3. The fraction of sp³-hybridized carbons (Fsp3) is 0.417. The van der Waals surface area contributed by atoms with E-state index in [0.29, 0.717) is 24.1 Å². The number of hydrogen-bond acceptors (Lipinski definition) is 4. The van der Waals surface area contributed by atoms with E-state index in [-0.39, 0.29) is 18.4 Å². The molecule has 31 heavy (non-hydrogen) atoms. The van der Waals surface area contributed by atoms with E-state index in [1.54, 1.807) is 6.08 Å². The van der Waals surface area contributed by atoms with Crippen molar-refractivity contribution in [1.82, 2.24) is 15.2 Å². The molecule has 2 heterocycles. The Kier molecular flexibility index (Phi) is 7.30. The van der Waals surface area contributed by atoms with Crippen LogP contribution in [0.15, 0.2) is 18.2 Å². The molecule has 0 aliphatic carbocycles. The fourth-order valence-corrected chi connectivity index (χ4v) is 4.02. The van der Waals surface area contributed by atoms with Crippen LogP contribution in [0.1, 0.15) is 52.3 Å². The van der Waals surface area contributed by atoms with E-state index in [4.69, 9.17) is 0 Å². The second-order valence-corrected chi connectivity index (χ2v) is 7.81. The van der Waals surface area contributed by atoms with Crippen LogP contribution in [0, 0.1) is 13.8 Å². The van der Waals surface area contributed by atoms with Crippen molar-refractivity contribution in [3.63, 3.8) is 0 Å². The van der Waals surface area contributed by atoms with Crippen molar-refractivity contribution in [2.75, 3.05) is 38.1 Å². The van der Waals surface area contributed by atoms with Crippen LogP contribution in [0.25, 0.3) is 11.6 Å². The molecule has 2 aromatic rings. The molecule has 1 aromatic carbocycles. The molecule has 7 nitrogen and oxygen atoms in total.